The molecule has 0 aromatic heterocycles. The third kappa shape index (κ3) is 3.63. The Kier molecular flexibility index (Phi) is 5.22. The summed E-state index contributed by atoms with van der Waals surface area (Å²) in [4.78, 5) is 50.1. The van der Waals surface area contributed by atoms with Crippen molar-refractivity contribution in [1.82, 2.24) is 10.2 Å². The molecule has 30 heavy (non-hydrogen) atoms. The van der Waals surface area contributed by atoms with Gasteiger partial charge in [0, 0.05) is 30.9 Å². The molecule has 1 unspecified atom stereocenters. The zero-order valence-electron chi connectivity index (χ0n) is 16.5. The Bertz CT molecular complexity index is 1030. The predicted molar refractivity (Wildman–Crippen MR) is 111 cm³/mol. The number of hydrogen-bond donors (Lipinski definition) is 3. The van der Waals surface area contributed by atoms with Crippen LogP contribution in [0, 0.1) is 0 Å². The maximum atomic E-state index is 12.9. The lowest BCUT2D eigenvalue weighted by Gasteiger charge is -2.27. The number of fused-ring (bicyclic) bond motifs is 1. The van der Waals surface area contributed by atoms with Gasteiger partial charge >= 0.3 is 0 Å². The van der Waals surface area contributed by atoms with Crippen molar-refractivity contribution in [3.63, 3.8) is 0 Å². The van der Waals surface area contributed by atoms with Gasteiger partial charge in [0.05, 0.1) is 11.1 Å². The quantitative estimate of drug-likeness (QED) is 0.635. The van der Waals surface area contributed by atoms with Crippen LogP contribution in [0.25, 0.3) is 0 Å². The first-order valence-corrected chi connectivity index (χ1v) is 9.90. The van der Waals surface area contributed by atoms with Crippen LogP contribution in [0.1, 0.15) is 46.0 Å². The van der Waals surface area contributed by atoms with E-state index in [1.165, 1.54) is 0 Å². The van der Waals surface area contributed by atoms with E-state index in [1.54, 1.807) is 18.2 Å². The summed E-state index contributed by atoms with van der Waals surface area (Å²) in [6, 6.07) is 12.0. The molecule has 8 heteroatoms. The van der Waals surface area contributed by atoms with E-state index in [9.17, 15) is 19.2 Å². The van der Waals surface area contributed by atoms with Gasteiger partial charge in [-0.1, -0.05) is 12.1 Å². The van der Waals surface area contributed by atoms with Gasteiger partial charge in [-0.3, -0.25) is 29.4 Å². The van der Waals surface area contributed by atoms with Crippen LogP contribution in [0.15, 0.2) is 42.5 Å². The Balaban J connectivity index is 1.48. The normalized spacial score (nSPS) is 18.3. The number of hydrogen-bond acceptors (Lipinski definition) is 6. The number of carbonyl (C=O) groups excluding carboxylic acids is 4. The van der Waals surface area contributed by atoms with Gasteiger partial charge in [-0.05, 0) is 49.2 Å². The Morgan fingerprint density at radius 1 is 0.933 bits per heavy atom. The minimum atomic E-state index is -0.957. The standard InChI is InChI=1S/C22H22N4O4/c1-2-23-14-5-3-13(4-6-14)12-24-15-7-8-16-17(11-15)22(30)26(21(16)29)18-9-10-19(27)25-20(18)28/h3-8,11,18,23-24H,2,9-10,12H2,1H3,(H,25,27,28). The molecule has 2 aliphatic heterocycles. The van der Waals surface area contributed by atoms with E-state index in [-0.39, 0.29) is 24.0 Å². The molecule has 2 aromatic rings. The fraction of sp³-hybridized carbons (Fsp3) is 0.273. The molecule has 2 heterocycles. The molecule has 2 aromatic carbocycles. The summed E-state index contributed by atoms with van der Waals surface area (Å²) in [7, 11) is 0. The highest BCUT2D eigenvalue weighted by Crippen LogP contribution is 2.29. The molecule has 0 saturated carbocycles. The Hall–Kier alpha value is -3.68. The fourth-order valence-electron chi connectivity index (χ4n) is 3.73. The van der Waals surface area contributed by atoms with Crippen molar-refractivity contribution >= 4 is 35.0 Å². The lowest BCUT2D eigenvalue weighted by molar-refractivity contribution is -0.136. The average Bonchev–Trinajstić information content (AvgIpc) is 2.98. The van der Waals surface area contributed by atoms with Gasteiger partial charge in [-0.25, -0.2) is 0 Å². The zero-order chi connectivity index (χ0) is 21.3. The summed E-state index contributed by atoms with van der Waals surface area (Å²) in [5, 5.41) is 8.70. The van der Waals surface area contributed by atoms with Crippen LogP contribution in [-0.2, 0) is 16.1 Å². The molecule has 8 nitrogen and oxygen atoms in total. The number of rotatable bonds is 6. The monoisotopic (exact) mass is 406 g/mol. The summed E-state index contributed by atoms with van der Waals surface area (Å²) in [6.07, 6.45) is 0.243. The third-order valence-electron chi connectivity index (χ3n) is 5.27. The molecule has 4 rings (SSSR count). The second kappa shape index (κ2) is 7.98. The number of anilines is 2. The second-order valence-electron chi connectivity index (χ2n) is 7.29. The molecule has 2 aliphatic rings. The maximum Gasteiger partial charge on any atom is 0.262 e. The fourth-order valence-corrected chi connectivity index (χ4v) is 3.73. The van der Waals surface area contributed by atoms with Crippen LogP contribution in [0.3, 0.4) is 0 Å². The summed E-state index contributed by atoms with van der Waals surface area (Å²) in [6.45, 7) is 3.45. The molecule has 1 atom stereocenters. The minimum absolute atomic E-state index is 0.100. The topological polar surface area (TPSA) is 108 Å². The van der Waals surface area contributed by atoms with E-state index >= 15 is 0 Å². The molecule has 1 saturated heterocycles. The van der Waals surface area contributed by atoms with Crippen molar-refractivity contribution in [2.75, 3.05) is 17.2 Å². The first-order valence-electron chi connectivity index (χ1n) is 9.90. The smallest absolute Gasteiger partial charge is 0.262 e. The summed E-state index contributed by atoms with van der Waals surface area (Å²) >= 11 is 0. The van der Waals surface area contributed by atoms with Gasteiger partial charge in [-0.2, -0.15) is 0 Å². The Labute approximate surface area is 173 Å². The maximum absolute atomic E-state index is 12.9. The number of benzene rings is 2. The molecule has 0 radical (unpaired) electrons. The molecule has 154 valence electrons. The molecule has 4 amide bonds. The van der Waals surface area contributed by atoms with Crippen LogP contribution in [0.2, 0.25) is 0 Å². The van der Waals surface area contributed by atoms with Crippen molar-refractivity contribution < 1.29 is 19.2 Å². The molecular formula is C22H22N4O4. The van der Waals surface area contributed by atoms with Crippen molar-refractivity contribution in [2.24, 2.45) is 0 Å². The molecule has 3 N–H and O–H groups in total. The highest BCUT2D eigenvalue weighted by atomic mass is 16.2. The summed E-state index contributed by atoms with van der Waals surface area (Å²) in [5.41, 5.74) is 3.36. The Morgan fingerprint density at radius 2 is 1.63 bits per heavy atom. The largest absolute Gasteiger partial charge is 0.385 e. The summed E-state index contributed by atoms with van der Waals surface area (Å²) in [5.74, 6) is -2.02. The lowest BCUT2D eigenvalue weighted by atomic mass is 10.0. The van der Waals surface area contributed by atoms with Crippen LogP contribution in [0.5, 0.6) is 0 Å². The highest BCUT2D eigenvalue weighted by Gasteiger charge is 2.44. The van der Waals surface area contributed by atoms with Gasteiger partial charge in [-0.15, -0.1) is 0 Å². The average molecular weight is 406 g/mol. The predicted octanol–water partition coefficient (Wildman–Crippen LogP) is 2.13. The van der Waals surface area contributed by atoms with Crippen molar-refractivity contribution in [1.29, 1.82) is 0 Å². The second-order valence-corrected chi connectivity index (χ2v) is 7.29. The van der Waals surface area contributed by atoms with Crippen LogP contribution in [0.4, 0.5) is 11.4 Å². The number of piperidine rings is 1. The van der Waals surface area contributed by atoms with E-state index in [1.807, 2.05) is 31.2 Å². The van der Waals surface area contributed by atoms with Crippen molar-refractivity contribution in [2.45, 2.75) is 32.4 Å². The number of nitrogens with one attached hydrogen (secondary N) is 3. The van der Waals surface area contributed by atoms with Crippen LogP contribution >= 0.6 is 0 Å². The van der Waals surface area contributed by atoms with Gasteiger partial charge in [0.15, 0.2) is 0 Å². The van der Waals surface area contributed by atoms with Gasteiger partial charge in [0.2, 0.25) is 11.8 Å². The third-order valence-corrected chi connectivity index (χ3v) is 5.27. The van der Waals surface area contributed by atoms with Crippen molar-refractivity contribution in [3.8, 4) is 0 Å². The van der Waals surface area contributed by atoms with E-state index in [4.69, 9.17) is 0 Å². The van der Waals surface area contributed by atoms with E-state index in [0.29, 0.717) is 12.2 Å². The van der Waals surface area contributed by atoms with Crippen LogP contribution < -0.4 is 16.0 Å². The first-order chi connectivity index (χ1) is 14.5. The van der Waals surface area contributed by atoms with Gasteiger partial charge in [0.1, 0.15) is 6.04 Å². The van der Waals surface area contributed by atoms with E-state index in [0.717, 1.165) is 22.7 Å². The molecule has 1 fully saturated rings. The SMILES string of the molecule is CCNc1ccc(CNc2ccc3c(c2)C(=O)N(C2CCC(=O)NC2=O)C3=O)cc1. The molecule has 0 bridgehead atoms. The molecular weight excluding hydrogens is 384 g/mol. The highest BCUT2D eigenvalue weighted by molar-refractivity contribution is 6.23. The van der Waals surface area contributed by atoms with Crippen molar-refractivity contribution in [3.05, 3.63) is 59.2 Å². The molecule has 0 aliphatic carbocycles. The number of nitrogens with zero attached hydrogens (tertiary/aromatic N) is 1. The number of imide groups is 2. The first kappa shape index (κ1) is 19.6. The number of carbonyl (C=O) groups is 4. The van der Waals surface area contributed by atoms with E-state index in [2.05, 4.69) is 16.0 Å². The molecule has 0 spiro atoms. The lowest BCUT2D eigenvalue weighted by Crippen LogP contribution is -2.54. The Morgan fingerprint density at radius 3 is 2.33 bits per heavy atom. The van der Waals surface area contributed by atoms with Gasteiger partial charge in [0.25, 0.3) is 11.8 Å². The minimum Gasteiger partial charge on any atom is -0.385 e. The zero-order valence-corrected chi connectivity index (χ0v) is 16.5. The van der Waals surface area contributed by atoms with E-state index < -0.39 is 29.7 Å². The number of amides is 4. The van der Waals surface area contributed by atoms with Gasteiger partial charge < -0.3 is 10.6 Å². The van der Waals surface area contributed by atoms with Crippen LogP contribution in [-0.4, -0.2) is 41.1 Å². The summed E-state index contributed by atoms with van der Waals surface area (Å²) < 4.78 is 0.